The maximum absolute atomic E-state index is 2.45. The molecule has 2 nitrogen and oxygen atoms in total. The van der Waals surface area contributed by atoms with E-state index in [1.165, 1.54) is 69.9 Å². The Bertz CT molecular complexity index is 3240. The first-order valence-corrected chi connectivity index (χ1v) is 22.0. The van der Waals surface area contributed by atoms with Gasteiger partial charge in [0, 0.05) is 54.2 Å². The molecule has 11 rings (SSSR count). The van der Waals surface area contributed by atoms with Gasteiger partial charge in [0.1, 0.15) is 0 Å². The van der Waals surface area contributed by atoms with Gasteiger partial charge in [-0.05, 0) is 124 Å². The zero-order valence-corrected chi connectivity index (χ0v) is 35.1. The summed E-state index contributed by atoms with van der Waals surface area (Å²) in [5.41, 5.74) is 15.1. The lowest BCUT2D eigenvalue weighted by Gasteiger charge is -2.30. The van der Waals surface area contributed by atoms with Crippen LogP contribution in [0.3, 0.4) is 0 Å². The smallest absolute Gasteiger partial charge is 0.0546 e. The zero-order valence-electron chi connectivity index (χ0n) is 34.3. The van der Waals surface area contributed by atoms with Gasteiger partial charge in [-0.25, -0.2) is 0 Å². The van der Waals surface area contributed by atoms with E-state index in [0.29, 0.717) is 0 Å². The third-order valence-electron chi connectivity index (χ3n) is 12.0. The molecule has 0 saturated heterocycles. The van der Waals surface area contributed by atoms with Gasteiger partial charge in [0.25, 0.3) is 0 Å². The second-order valence-corrected chi connectivity index (χ2v) is 16.9. The summed E-state index contributed by atoms with van der Waals surface area (Å²) in [6.07, 6.45) is 0. The number of aryl methyl sites for hydroxylation is 1. The first kappa shape index (κ1) is 37.3. The highest BCUT2D eigenvalue weighted by Crippen LogP contribution is 2.47. The maximum atomic E-state index is 2.45. The van der Waals surface area contributed by atoms with Gasteiger partial charge in [-0.1, -0.05) is 164 Å². The molecule has 0 atom stereocenters. The Kier molecular flexibility index (Phi) is 9.65. The van der Waals surface area contributed by atoms with E-state index in [1.807, 2.05) is 11.3 Å². The predicted molar refractivity (Wildman–Crippen MR) is 267 cm³/mol. The highest BCUT2D eigenvalue weighted by Gasteiger charge is 2.22. The van der Waals surface area contributed by atoms with Gasteiger partial charge in [0.2, 0.25) is 0 Å². The van der Waals surface area contributed by atoms with Gasteiger partial charge >= 0.3 is 0 Å². The lowest BCUT2D eigenvalue weighted by molar-refractivity contribution is 1.26. The van der Waals surface area contributed by atoms with Crippen molar-refractivity contribution in [3.05, 3.63) is 242 Å². The van der Waals surface area contributed by atoms with Crippen LogP contribution in [-0.4, -0.2) is 0 Å². The van der Waals surface area contributed by atoms with Crippen LogP contribution >= 0.6 is 11.3 Å². The van der Waals surface area contributed by atoms with Crippen molar-refractivity contribution in [3.8, 4) is 33.4 Å². The van der Waals surface area contributed by atoms with Crippen molar-refractivity contribution >= 4 is 76.4 Å². The summed E-state index contributed by atoms with van der Waals surface area (Å²) in [5, 5.41) is 5.09. The Morgan fingerprint density at radius 1 is 0.323 bits per heavy atom. The number of nitrogens with zero attached hydrogens (tertiary/aromatic N) is 2. The lowest BCUT2D eigenvalue weighted by atomic mass is 9.95. The Labute approximate surface area is 366 Å². The highest BCUT2D eigenvalue weighted by atomic mass is 32.1. The van der Waals surface area contributed by atoms with Crippen molar-refractivity contribution in [2.24, 2.45) is 0 Å². The van der Waals surface area contributed by atoms with Crippen LogP contribution in [0.4, 0.5) is 34.1 Å². The number of anilines is 6. The molecule has 62 heavy (non-hydrogen) atoms. The molecular formula is C59H42N2S. The minimum absolute atomic E-state index is 1.07. The average molecular weight is 811 g/mol. The quantitative estimate of drug-likeness (QED) is 0.143. The minimum atomic E-state index is 1.07. The van der Waals surface area contributed by atoms with Crippen molar-refractivity contribution in [2.75, 3.05) is 9.80 Å². The Hall–Kier alpha value is -7.72. The van der Waals surface area contributed by atoms with E-state index >= 15 is 0 Å². The van der Waals surface area contributed by atoms with Crippen LogP contribution in [0.2, 0.25) is 0 Å². The molecule has 0 saturated carbocycles. The van der Waals surface area contributed by atoms with Gasteiger partial charge in [-0.3, -0.25) is 0 Å². The van der Waals surface area contributed by atoms with Crippen molar-refractivity contribution in [2.45, 2.75) is 6.92 Å². The molecule has 11 aromatic rings. The van der Waals surface area contributed by atoms with Crippen LogP contribution < -0.4 is 9.80 Å². The molecule has 0 radical (unpaired) electrons. The third kappa shape index (κ3) is 6.89. The molecule has 0 aliphatic rings. The number of benzene rings is 10. The zero-order chi connectivity index (χ0) is 41.4. The molecule has 0 spiro atoms. The van der Waals surface area contributed by atoms with Gasteiger partial charge in [0.15, 0.2) is 0 Å². The summed E-state index contributed by atoms with van der Waals surface area (Å²) in [6.45, 7) is 2.22. The van der Waals surface area contributed by atoms with Crippen LogP contribution in [0.1, 0.15) is 5.56 Å². The maximum Gasteiger partial charge on any atom is 0.0546 e. The van der Waals surface area contributed by atoms with Gasteiger partial charge in [0.05, 0.1) is 5.69 Å². The number of thiophene rings is 1. The largest absolute Gasteiger partial charge is 0.311 e. The van der Waals surface area contributed by atoms with Crippen LogP contribution in [0.15, 0.2) is 237 Å². The molecular weight excluding hydrogens is 769 g/mol. The Balaban J connectivity index is 1.07. The van der Waals surface area contributed by atoms with Crippen molar-refractivity contribution in [1.29, 1.82) is 0 Å². The van der Waals surface area contributed by atoms with E-state index in [1.54, 1.807) is 0 Å². The van der Waals surface area contributed by atoms with Gasteiger partial charge < -0.3 is 9.80 Å². The van der Waals surface area contributed by atoms with Crippen LogP contribution in [0.25, 0.3) is 64.3 Å². The van der Waals surface area contributed by atoms with Crippen LogP contribution in [-0.2, 0) is 0 Å². The monoisotopic (exact) mass is 810 g/mol. The molecule has 0 N–H and O–H groups in total. The SMILES string of the molecule is Cc1cccc2sc3cc(N(c4ccc(N(c5ccc(-c6ccccc6)cc5)c5ccc(-c6ccccc6)cc5)cc4)c4ccc5ccccc5c4-c4ccccc4)ccc3c12. The van der Waals surface area contributed by atoms with Crippen molar-refractivity contribution in [1.82, 2.24) is 0 Å². The third-order valence-corrected chi connectivity index (χ3v) is 13.1. The fourth-order valence-corrected chi connectivity index (χ4v) is 10.2. The summed E-state index contributed by atoms with van der Waals surface area (Å²) < 4.78 is 2.59. The molecule has 0 amide bonds. The molecule has 0 aliphatic carbocycles. The summed E-state index contributed by atoms with van der Waals surface area (Å²) in [7, 11) is 0. The predicted octanol–water partition coefficient (Wildman–Crippen LogP) is 17.5. The second-order valence-electron chi connectivity index (χ2n) is 15.8. The first-order valence-electron chi connectivity index (χ1n) is 21.2. The number of fused-ring (bicyclic) bond motifs is 4. The molecule has 0 unspecified atom stereocenters. The molecule has 10 aromatic carbocycles. The highest BCUT2D eigenvalue weighted by molar-refractivity contribution is 7.25. The molecule has 294 valence electrons. The van der Waals surface area contributed by atoms with E-state index in [2.05, 4.69) is 253 Å². The summed E-state index contributed by atoms with van der Waals surface area (Å²) in [5.74, 6) is 0. The number of rotatable bonds is 9. The van der Waals surface area contributed by atoms with Crippen LogP contribution in [0.5, 0.6) is 0 Å². The summed E-state index contributed by atoms with van der Waals surface area (Å²) in [4.78, 5) is 4.80. The Morgan fingerprint density at radius 3 is 1.40 bits per heavy atom. The molecule has 1 heterocycles. The van der Waals surface area contributed by atoms with Crippen molar-refractivity contribution < 1.29 is 0 Å². The number of hydrogen-bond acceptors (Lipinski definition) is 3. The second kappa shape index (κ2) is 16.0. The summed E-state index contributed by atoms with van der Waals surface area (Å²) in [6, 6.07) is 85.9. The Morgan fingerprint density at radius 2 is 0.806 bits per heavy atom. The molecule has 0 aliphatic heterocycles. The molecule has 0 fully saturated rings. The van der Waals surface area contributed by atoms with E-state index in [4.69, 9.17) is 0 Å². The molecule has 0 bridgehead atoms. The van der Waals surface area contributed by atoms with Gasteiger partial charge in [-0.2, -0.15) is 0 Å². The van der Waals surface area contributed by atoms with E-state index in [0.717, 1.165) is 34.1 Å². The average Bonchev–Trinajstić information content (AvgIpc) is 3.73. The normalized spacial score (nSPS) is 11.3. The van der Waals surface area contributed by atoms with Gasteiger partial charge in [-0.15, -0.1) is 11.3 Å². The lowest BCUT2D eigenvalue weighted by Crippen LogP contribution is -2.13. The fourth-order valence-electron chi connectivity index (χ4n) is 8.98. The fraction of sp³-hybridized carbons (Fsp3) is 0.0169. The van der Waals surface area contributed by atoms with E-state index < -0.39 is 0 Å². The minimum Gasteiger partial charge on any atom is -0.311 e. The standard InChI is InChI=1S/C59H42N2S/c1-41-14-13-23-56-58(41)54-38-37-52(40-57(54)62-56)61(55-39-28-46-19-11-12-22-53(46)59(55)47-20-9-4-10-21-47)51-35-33-50(34-36-51)60(48-29-24-44(25-30-48)42-15-5-2-6-16-42)49-31-26-45(27-32-49)43-17-7-3-8-18-43/h2-40H,1H3. The first-order chi connectivity index (χ1) is 30.7. The van der Waals surface area contributed by atoms with E-state index in [9.17, 15) is 0 Å². The summed E-state index contributed by atoms with van der Waals surface area (Å²) >= 11 is 1.87. The topological polar surface area (TPSA) is 6.48 Å². The van der Waals surface area contributed by atoms with E-state index in [-0.39, 0.29) is 0 Å². The number of hydrogen-bond donors (Lipinski definition) is 0. The van der Waals surface area contributed by atoms with Crippen molar-refractivity contribution in [3.63, 3.8) is 0 Å². The molecule has 1 aromatic heterocycles. The molecule has 3 heteroatoms. The van der Waals surface area contributed by atoms with Crippen LogP contribution in [0, 0.1) is 6.92 Å².